The van der Waals surface area contributed by atoms with Crippen molar-refractivity contribution < 1.29 is 9.22 Å². The SMILES string of the molecule is CCCCCCCCCCC(n1nnc2c1-c1ccccc1N(C(=O)CC)c1ccccc1-2)[Si](C)(C)OC(C)C. The Morgan fingerprint density at radius 1 is 0.850 bits per heavy atom. The highest BCUT2D eigenvalue weighted by Crippen LogP contribution is 2.48. The van der Waals surface area contributed by atoms with E-state index in [0.717, 1.165) is 46.7 Å². The molecule has 7 heteroatoms. The molecule has 1 amide bonds. The predicted molar refractivity (Wildman–Crippen MR) is 168 cm³/mol. The van der Waals surface area contributed by atoms with Crippen molar-refractivity contribution >= 4 is 25.6 Å². The fourth-order valence-electron chi connectivity index (χ4n) is 6.16. The highest BCUT2D eigenvalue weighted by atomic mass is 28.4. The second kappa shape index (κ2) is 13.7. The maximum atomic E-state index is 13.4. The van der Waals surface area contributed by atoms with Gasteiger partial charge in [0.05, 0.1) is 22.7 Å². The van der Waals surface area contributed by atoms with Crippen molar-refractivity contribution in [1.82, 2.24) is 15.0 Å². The van der Waals surface area contributed by atoms with Crippen molar-refractivity contribution in [1.29, 1.82) is 0 Å². The molecular weight excluding hydrogens is 512 g/mol. The van der Waals surface area contributed by atoms with Gasteiger partial charge >= 0.3 is 0 Å². The van der Waals surface area contributed by atoms with Crippen LogP contribution in [0.1, 0.15) is 97.6 Å². The summed E-state index contributed by atoms with van der Waals surface area (Å²) in [6, 6.07) is 16.3. The minimum Gasteiger partial charge on any atom is -0.413 e. The predicted octanol–water partition coefficient (Wildman–Crippen LogP) is 9.24. The lowest BCUT2D eigenvalue weighted by Crippen LogP contribution is -2.44. The van der Waals surface area contributed by atoms with E-state index < -0.39 is 8.32 Å². The molecule has 0 saturated carbocycles. The summed E-state index contributed by atoms with van der Waals surface area (Å²) in [5.41, 5.74) is 5.64. The van der Waals surface area contributed by atoms with E-state index in [1.807, 2.05) is 48.2 Å². The molecule has 0 fully saturated rings. The molecule has 1 atom stereocenters. The van der Waals surface area contributed by atoms with Gasteiger partial charge in [-0.3, -0.25) is 9.69 Å². The van der Waals surface area contributed by atoms with E-state index >= 15 is 0 Å². The van der Waals surface area contributed by atoms with Crippen LogP contribution in [0.25, 0.3) is 22.5 Å². The molecule has 1 aliphatic rings. The first-order chi connectivity index (χ1) is 19.3. The van der Waals surface area contributed by atoms with Crippen LogP contribution in [0.4, 0.5) is 11.4 Å². The lowest BCUT2D eigenvalue weighted by molar-refractivity contribution is -0.117. The van der Waals surface area contributed by atoms with Gasteiger partial charge in [0.1, 0.15) is 5.69 Å². The molecule has 2 aromatic carbocycles. The van der Waals surface area contributed by atoms with E-state index in [0.29, 0.717) is 6.42 Å². The number of carbonyl (C=O) groups is 1. The molecule has 0 aliphatic carbocycles. The second-order valence-electron chi connectivity index (χ2n) is 11.9. The zero-order valence-electron chi connectivity index (χ0n) is 25.4. The molecule has 0 N–H and O–H groups in total. The van der Waals surface area contributed by atoms with Crippen LogP contribution in [0.2, 0.25) is 13.1 Å². The van der Waals surface area contributed by atoms with Crippen LogP contribution in [-0.4, -0.2) is 35.3 Å². The Bertz CT molecular complexity index is 1270. The summed E-state index contributed by atoms with van der Waals surface area (Å²) in [4.78, 5) is 15.2. The van der Waals surface area contributed by atoms with Crippen LogP contribution in [0.5, 0.6) is 0 Å². The van der Waals surface area contributed by atoms with Gasteiger partial charge in [0, 0.05) is 23.7 Å². The molecule has 0 saturated heterocycles. The van der Waals surface area contributed by atoms with Gasteiger partial charge in [-0.2, -0.15) is 0 Å². The number of unbranched alkanes of at least 4 members (excludes halogenated alkanes) is 7. The van der Waals surface area contributed by atoms with Crippen LogP contribution in [0.3, 0.4) is 0 Å². The molecule has 3 aromatic rings. The van der Waals surface area contributed by atoms with Gasteiger partial charge in [0.15, 0.2) is 0 Å². The molecule has 0 radical (unpaired) electrons. The Morgan fingerprint density at radius 3 is 2.05 bits per heavy atom. The summed E-state index contributed by atoms with van der Waals surface area (Å²) in [5.74, 6) is 0.0675. The number of benzene rings is 2. The number of hydrogen-bond donors (Lipinski definition) is 0. The van der Waals surface area contributed by atoms with Gasteiger partial charge in [-0.05, 0) is 45.5 Å². The molecule has 0 bridgehead atoms. The van der Waals surface area contributed by atoms with E-state index in [4.69, 9.17) is 14.7 Å². The molecule has 1 unspecified atom stereocenters. The summed E-state index contributed by atoms with van der Waals surface area (Å²) < 4.78 is 8.86. The van der Waals surface area contributed by atoms with Gasteiger partial charge in [-0.1, -0.05) is 107 Å². The number of para-hydroxylation sites is 2. The number of nitrogens with zero attached hydrogens (tertiary/aromatic N) is 4. The second-order valence-corrected chi connectivity index (χ2v) is 16.0. The normalized spacial score (nSPS) is 13.5. The van der Waals surface area contributed by atoms with Gasteiger partial charge in [0.25, 0.3) is 0 Å². The summed E-state index contributed by atoms with van der Waals surface area (Å²) in [7, 11) is -2.24. The number of amides is 1. The molecule has 2 heterocycles. The quantitative estimate of drug-likeness (QED) is 0.146. The standard InChI is InChI=1S/C33H48N4O2Si/c1-7-9-10-11-12-13-14-15-24-31(40(5,6)39-25(3)4)37-33-27-21-17-19-23-29(27)36(30(38)8-2)28-22-18-16-20-26(28)32(33)34-35-37/h16-23,25,31H,7-15,24H2,1-6H3. The average molecular weight is 561 g/mol. The third-order valence-electron chi connectivity index (χ3n) is 8.01. The molecule has 6 nitrogen and oxygen atoms in total. The third kappa shape index (κ3) is 6.57. The Hall–Kier alpha value is -2.77. The van der Waals surface area contributed by atoms with E-state index in [-0.39, 0.29) is 17.7 Å². The molecule has 216 valence electrons. The van der Waals surface area contributed by atoms with Gasteiger partial charge < -0.3 is 4.43 Å². The van der Waals surface area contributed by atoms with E-state index in [1.54, 1.807) is 0 Å². The van der Waals surface area contributed by atoms with Crippen molar-refractivity contribution in [2.24, 2.45) is 0 Å². The highest BCUT2D eigenvalue weighted by molar-refractivity contribution is 6.72. The number of rotatable bonds is 14. The number of fused-ring (bicyclic) bond motifs is 5. The number of hydrogen-bond acceptors (Lipinski definition) is 4. The first-order valence-electron chi connectivity index (χ1n) is 15.4. The van der Waals surface area contributed by atoms with E-state index in [2.05, 4.69) is 50.7 Å². The van der Waals surface area contributed by atoms with Crippen LogP contribution >= 0.6 is 0 Å². The Kier molecular flexibility index (Phi) is 10.4. The number of aromatic nitrogens is 3. The van der Waals surface area contributed by atoms with Crippen molar-refractivity contribution in [3.8, 4) is 22.5 Å². The van der Waals surface area contributed by atoms with Crippen LogP contribution in [0.15, 0.2) is 48.5 Å². The van der Waals surface area contributed by atoms with Crippen LogP contribution < -0.4 is 4.90 Å². The summed E-state index contributed by atoms with van der Waals surface area (Å²) in [6.07, 6.45) is 11.9. The summed E-state index contributed by atoms with van der Waals surface area (Å²) >= 11 is 0. The third-order valence-corrected chi connectivity index (χ3v) is 11.2. The molecule has 1 aromatic heterocycles. The highest BCUT2D eigenvalue weighted by Gasteiger charge is 2.40. The van der Waals surface area contributed by atoms with Crippen molar-refractivity contribution in [2.45, 2.75) is 117 Å². The zero-order valence-corrected chi connectivity index (χ0v) is 26.4. The zero-order chi connectivity index (χ0) is 28.7. The van der Waals surface area contributed by atoms with Crippen molar-refractivity contribution in [3.05, 3.63) is 48.5 Å². The largest absolute Gasteiger partial charge is 0.413 e. The summed E-state index contributed by atoms with van der Waals surface area (Å²) in [5, 5.41) is 9.69. The summed E-state index contributed by atoms with van der Waals surface area (Å²) in [6.45, 7) is 13.1. The van der Waals surface area contributed by atoms with Crippen molar-refractivity contribution in [3.63, 3.8) is 0 Å². The smallest absolute Gasteiger partial charge is 0.231 e. The number of carbonyl (C=O) groups excluding carboxylic acids is 1. The minimum atomic E-state index is -2.24. The van der Waals surface area contributed by atoms with Crippen molar-refractivity contribution in [2.75, 3.05) is 4.90 Å². The lowest BCUT2D eigenvalue weighted by atomic mass is 10.0. The van der Waals surface area contributed by atoms with Crippen LogP contribution in [-0.2, 0) is 9.22 Å². The topological polar surface area (TPSA) is 60.2 Å². The van der Waals surface area contributed by atoms with E-state index in [9.17, 15) is 4.79 Å². The van der Waals surface area contributed by atoms with Gasteiger partial charge in [-0.25, -0.2) is 4.68 Å². The van der Waals surface area contributed by atoms with Crippen LogP contribution in [0, 0.1) is 0 Å². The Morgan fingerprint density at radius 2 is 1.43 bits per heavy atom. The van der Waals surface area contributed by atoms with Gasteiger partial charge in [-0.15, -0.1) is 5.10 Å². The fourth-order valence-corrected chi connectivity index (χ4v) is 9.20. The molecule has 1 aliphatic heterocycles. The lowest BCUT2D eigenvalue weighted by Gasteiger charge is -2.35. The fraction of sp³-hybridized carbons (Fsp3) is 0.545. The molecule has 0 spiro atoms. The first kappa shape index (κ1) is 30.2. The first-order valence-corrected chi connectivity index (χ1v) is 18.4. The van der Waals surface area contributed by atoms with E-state index in [1.165, 1.54) is 44.9 Å². The monoisotopic (exact) mass is 560 g/mol. The number of anilines is 2. The molecule has 40 heavy (non-hydrogen) atoms. The molecule has 4 rings (SSSR count). The van der Waals surface area contributed by atoms with Gasteiger partial charge in [0.2, 0.25) is 14.2 Å². The Labute approximate surface area is 242 Å². The maximum absolute atomic E-state index is 13.4. The maximum Gasteiger partial charge on any atom is 0.231 e. The Balaban J connectivity index is 1.76. The minimum absolute atomic E-state index is 0.0675. The molecular formula is C33H48N4O2Si. The average Bonchev–Trinajstić information content (AvgIpc) is 3.31.